The Kier molecular flexibility index (Phi) is 4.62. The minimum atomic E-state index is 0.228. The molecule has 3 heteroatoms. The van der Waals surface area contributed by atoms with Crippen molar-refractivity contribution in [3.63, 3.8) is 0 Å². The maximum atomic E-state index is 8.94. The summed E-state index contributed by atoms with van der Waals surface area (Å²) in [5, 5.41) is 12.4. The van der Waals surface area contributed by atoms with Gasteiger partial charge in [0.15, 0.2) is 0 Å². The average Bonchev–Trinajstić information content (AvgIpc) is 2.95. The molecular weight excluding hydrogens is 200 g/mol. The van der Waals surface area contributed by atoms with Gasteiger partial charge in [0.1, 0.15) is 0 Å². The molecule has 0 heterocycles. The van der Waals surface area contributed by atoms with Crippen molar-refractivity contribution in [2.75, 3.05) is 13.2 Å². The lowest BCUT2D eigenvalue weighted by molar-refractivity contribution is 0.0588. The van der Waals surface area contributed by atoms with Gasteiger partial charge >= 0.3 is 0 Å². The molecule has 0 saturated heterocycles. The van der Waals surface area contributed by atoms with Crippen molar-refractivity contribution in [2.45, 2.75) is 57.1 Å². The zero-order valence-electron chi connectivity index (χ0n) is 9.95. The van der Waals surface area contributed by atoms with Crippen LogP contribution in [0.1, 0.15) is 44.9 Å². The van der Waals surface area contributed by atoms with Gasteiger partial charge in [0.2, 0.25) is 0 Å². The lowest BCUT2D eigenvalue weighted by atomic mass is 10.1. The number of rotatable bonds is 5. The van der Waals surface area contributed by atoms with E-state index in [1.54, 1.807) is 0 Å². The van der Waals surface area contributed by atoms with Crippen LogP contribution in [0.5, 0.6) is 0 Å². The Bertz CT molecular complexity index is 243. The predicted octanol–water partition coefficient (Wildman–Crippen LogP) is 2.23. The van der Waals surface area contributed by atoms with Crippen LogP contribution in [-0.2, 0) is 4.74 Å². The highest BCUT2D eigenvalue weighted by atomic mass is 16.5. The molecule has 0 spiro atoms. The summed E-state index contributed by atoms with van der Waals surface area (Å²) >= 11 is 0. The van der Waals surface area contributed by atoms with Crippen LogP contribution in [0.4, 0.5) is 0 Å². The van der Waals surface area contributed by atoms with Crippen molar-refractivity contribution in [3.8, 4) is 6.07 Å². The van der Waals surface area contributed by atoms with Gasteiger partial charge in [-0.1, -0.05) is 19.3 Å². The number of nitrogens with zero attached hydrogens (tertiary/aromatic N) is 1. The molecule has 0 aromatic carbocycles. The second kappa shape index (κ2) is 6.22. The Morgan fingerprint density at radius 2 is 1.94 bits per heavy atom. The van der Waals surface area contributed by atoms with Crippen LogP contribution < -0.4 is 5.32 Å². The lowest BCUT2D eigenvalue weighted by Gasteiger charge is -2.17. The topological polar surface area (TPSA) is 45.0 Å². The van der Waals surface area contributed by atoms with Crippen LogP contribution in [0.25, 0.3) is 0 Å². The third-order valence-electron chi connectivity index (χ3n) is 3.85. The second-order valence-electron chi connectivity index (χ2n) is 5.00. The van der Waals surface area contributed by atoms with E-state index >= 15 is 0 Å². The van der Waals surface area contributed by atoms with Crippen molar-refractivity contribution >= 4 is 0 Å². The molecule has 90 valence electrons. The third-order valence-corrected chi connectivity index (χ3v) is 3.85. The Hall–Kier alpha value is -0.590. The van der Waals surface area contributed by atoms with Gasteiger partial charge < -0.3 is 10.1 Å². The summed E-state index contributed by atoms with van der Waals surface area (Å²) in [5.41, 5.74) is 0. The van der Waals surface area contributed by atoms with Crippen molar-refractivity contribution in [3.05, 3.63) is 0 Å². The molecule has 2 aliphatic rings. The molecule has 16 heavy (non-hydrogen) atoms. The Labute approximate surface area is 98.2 Å². The molecular formula is C13H22N2O. The second-order valence-corrected chi connectivity index (χ2v) is 5.00. The molecule has 2 atom stereocenters. The fourth-order valence-corrected chi connectivity index (χ4v) is 2.88. The Balaban J connectivity index is 1.55. The van der Waals surface area contributed by atoms with Crippen molar-refractivity contribution in [2.24, 2.45) is 5.92 Å². The van der Waals surface area contributed by atoms with Gasteiger partial charge in [0.25, 0.3) is 0 Å². The van der Waals surface area contributed by atoms with Crippen molar-refractivity contribution < 1.29 is 4.74 Å². The summed E-state index contributed by atoms with van der Waals surface area (Å²) in [7, 11) is 0. The first-order valence-corrected chi connectivity index (χ1v) is 6.65. The van der Waals surface area contributed by atoms with E-state index in [0.717, 1.165) is 26.0 Å². The van der Waals surface area contributed by atoms with E-state index in [0.29, 0.717) is 12.1 Å². The first-order valence-electron chi connectivity index (χ1n) is 6.65. The van der Waals surface area contributed by atoms with E-state index in [9.17, 15) is 0 Å². The minimum Gasteiger partial charge on any atom is -0.377 e. The Morgan fingerprint density at radius 1 is 1.12 bits per heavy atom. The maximum absolute atomic E-state index is 8.94. The fourth-order valence-electron chi connectivity index (χ4n) is 2.88. The predicted molar refractivity (Wildman–Crippen MR) is 63.0 cm³/mol. The summed E-state index contributed by atoms with van der Waals surface area (Å²) in [5.74, 6) is 0.228. The molecule has 0 bridgehead atoms. The molecule has 2 aliphatic carbocycles. The monoisotopic (exact) mass is 222 g/mol. The molecule has 0 radical (unpaired) electrons. The summed E-state index contributed by atoms with van der Waals surface area (Å²) in [6.45, 7) is 1.71. The number of nitriles is 1. The van der Waals surface area contributed by atoms with E-state index in [1.807, 2.05) is 0 Å². The summed E-state index contributed by atoms with van der Waals surface area (Å²) in [6, 6.07) is 2.81. The molecule has 0 aliphatic heterocycles. The highest BCUT2D eigenvalue weighted by Crippen LogP contribution is 2.24. The van der Waals surface area contributed by atoms with E-state index in [2.05, 4.69) is 11.4 Å². The molecule has 2 rings (SSSR count). The highest BCUT2D eigenvalue weighted by Gasteiger charge is 2.26. The normalized spacial score (nSPS) is 30.7. The quantitative estimate of drug-likeness (QED) is 0.725. The first-order chi connectivity index (χ1) is 7.90. The van der Waals surface area contributed by atoms with E-state index in [-0.39, 0.29) is 5.92 Å². The standard InChI is InChI=1S/C13H22N2O/c14-10-11-4-3-7-13(11)15-8-9-16-12-5-1-2-6-12/h11-13,15H,1-9H2. The molecule has 2 unspecified atom stereocenters. The molecule has 2 fully saturated rings. The smallest absolute Gasteiger partial charge is 0.0672 e. The number of nitrogens with one attached hydrogen (secondary N) is 1. The first kappa shape index (κ1) is 11.9. The highest BCUT2D eigenvalue weighted by molar-refractivity contribution is 4.96. The lowest BCUT2D eigenvalue weighted by Crippen LogP contribution is -2.34. The SMILES string of the molecule is N#CC1CCCC1NCCOC1CCCC1. The van der Waals surface area contributed by atoms with Crippen LogP contribution in [0.3, 0.4) is 0 Å². The van der Waals surface area contributed by atoms with E-state index in [4.69, 9.17) is 10.00 Å². The molecule has 2 saturated carbocycles. The van der Waals surface area contributed by atoms with Gasteiger partial charge in [-0.05, 0) is 25.7 Å². The molecule has 0 aromatic heterocycles. The number of ether oxygens (including phenoxy) is 1. The van der Waals surface area contributed by atoms with E-state index < -0.39 is 0 Å². The average molecular weight is 222 g/mol. The summed E-state index contributed by atoms with van der Waals surface area (Å²) < 4.78 is 5.79. The van der Waals surface area contributed by atoms with Crippen LogP contribution >= 0.6 is 0 Å². The van der Waals surface area contributed by atoms with Crippen LogP contribution in [-0.4, -0.2) is 25.3 Å². The van der Waals surface area contributed by atoms with Crippen molar-refractivity contribution in [1.82, 2.24) is 5.32 Å². The zero-order chi connectivity index (χ0) is 11.2. The van der Waals surface area contributed by atoms with Crippen LogP contribution in [0.2, 0.25) is 0 Å². The number of hydrogen-bond acceptors (Lipinski definition) is 3. The largest absolute Gasteiger partial charge is 0.377 e. The third kappa shape index (κ3) is 3.20. The zero-order valence-corrected chi connectivity index (χ0v) is 9.95. The van der Waals surface area contributed by atoms with Gasteiger partial charge in [0.05, 0.1) is 24.7 Å². The molecule has 1 N–H and O–H groups in total. The van der Waals surface area contributed by atoms with Gasteiger partial charge in [-0.3, -0.25) is 0 Å². The summed E-state index contributed by atoms with van der Waals surface area (Å²) in [6.07, 6.45) is 9.07. The number of hydrogen-bond donors (Lipinski definition) is 1. The molecule has 0 amide bonds. The maximum Gasteiger partial charge on any atom is 0.0672 e. The van der Waals surface area contributed by atoms with Gasteiger partial charge in [-0.15, -0.1) is 0 Å². The Morgan fingerprint density at radius 3 is 2.69 bits per heavy atom. The van der Waals surface area contributed by atoms with Crippen LogP contribution in [0.15, 0.2) is 0 Å². The van der Waals surface area contributed by atoms with E-state index in [1.165, 1.54) is 32.1 Å². The van der Waals surface area contributed by atoms with Crippen LogP contribution in [0, 0.1) is 17.2 Å². The summed E-state index contributed by atoms with van der Waals surface area (Å²) in [4.78, 5) is 0. The van der Waals surface area contributed by atoms with Crippen molar-refractivity contribution in [1.29, 1.82) is 5.26 Å². The molecule has 3 nitrogen and oxygen atoms in total. The fraction of sp³-hybridized carbons (Fsp3) is 0.923. The molecule has 0 aromatic rings. The van der Waals surface area contributed by atoms with Gasteiger partial charge in [-0.2, -0.15) is 5.26 Å². The minimum absolute atomic E-state index is 0.228. The van der Waals surface area contributed by atoms with Gasteiger partial charge in [0, 0.05) is 12.6 Å². The van der Waals surface area contributed by atoms with Gasteiger partial charge in [-0.25, -0.2) is 0 Å².